The van der Waals surface area contributed by atoms with E-state index in [1.165, 1.54) is 5.56 Å². The van der Waals surface area contributed by atoms with Gasteiger partial charge in [-0.05, 0) is 39.3 Å². The molecule has 0 aliphatic carbocycles. The summed E-state index contributed by atoms with van der Waals surface area (Å²) in [6.07, 6.45) is 4.08. The molecule has 0 fully saturated rings. The lowest BCUT2D eigenvalue weighted by Gasteiger charge is -2.19. The van der Waals surface area contributed by atoms with Crippen LogP contribution in [0.3, 0.4) is 0 Å². The van der Waals surface area contributed by atoms with E-state index >= 15 is 0 Å². The first-order valence-electron chi connectivity index (χ1n) is 6.12. The number of ether oxygens (including phenoxy) is 1. The van der Waals surface area contributed by atoms with Gasteiger partial charge in [-0.2, -0.15) is 11.8 Å². The summed E-state index contributed by atoms with van der Waals surface area (Å²) < 4.78 is 5.26. The normalized spacial score (nSPS) is 13.1. The van der Waals surface area contributed by atoms with Gasteiger partial charge in [0.15, 0.2) is 0 Å². The molecule has 1 rings (SSSR count). The Balaban J connectivity index is 2.28. The molecule has 0 spiro atoms. The topological polar surface area (TPSA) is 39.2 Å². The van der Waals surface area contributed by atoms with Crippen molar-refractivity contribution in [1.29, 1.82) is 0 Å². The average molecular weight is 267 g/mol. The molecule has 0 amide bonds. The summed E-state index contributed by atoms with van der Waals surface area (Å²) in [5.74, 6) is 0.638. The monoisotopic (exact) mass is 267 g/mol. The fourth-order valence-electron chi connectivity index (χ4n) is 1.42. The van der Waals surface area contributed by atoms with Crippen molar-refractivity contribution in [3.8, 4) is 0 Å². The number of rotatable bonds is 5. The SMILES string of the molecule is CC(SCCC(=O)OC(C)(C)C)c1cccnc1. The minimum atomic E-state index is -0.392. The second kappa shape index (κ2) is 6.78. The Bertz CT molecular complexity index is 373. The molecule has 1 heterocycles. The number of carbonyl (C=O) groups is 1. The number of aromatic nitrogens is 1. The van der Waals surface area contributed by atoms with Crippen LogP contribution in [-0.4, -0.2) is 22.3 Å². The van der Waals surface area contributed by atoms with Crippen LogP contribution < -0.4 is 0 Å². The van der Waals surface area contributed by atoms with Crippen molar-refractivity contribution in [3.05, 3.63) is 30.1 Å². The molecule has 0 saturated heterocycles. The van der Waals surface area contributed by atoms with E-state index in [1.54, 1.807) is 18.0 Å². The Morgan fingerprint density at radius 1 is 1.50 bits per heavy atom. The standard InChI is InChI=1S/C14H21NO2S/c1-11(12-6-5-8-15-10-12)18-9-7-13(16)17-14(2,3)4/h5-6,8,10-11H,7,9H2,1-4H3. The fraction of sp³-hybridized carbons (Fsp3) is 0.571. The predicted molar refractivity (Wildman–Crippen MR) is 75.6 cm³/mol. The Morgan fingerprint density at radius 3 is 2.78 bits per heavy atom. The molecule has 4 heteroatoms. The number of esters is 1. The number of nitrogens with zero attached hydrogens (tertiary/aromatic N) is 1. The van der Waals surface area contributed by atoms with Crippen molar-refractivity contribution in [2.75, 3.05) is 5.75 Å². The zero-order valence-electron chi connectivity index (χ0n) is 11.5. The van der Waals surface area contributed by atoms with Gasteiger partial charge in [-0.3, -0.25) is 9.78 Å². The number of hydrogen-bond donors (Lipinski definition) is 0. The van der Waals surface area contributed by atoms with Gasteiger partial charge in [-0.1, -0.05) is 6.07 Å². The number of carbonyl (C=O) groups excluding carboxylic acids is 1. The molecule has 1 aromatic heterocycles. The van der Waals surface area contributed by atoms with E-state index in [4.69, 9.17) is 4.74 Å². The molecule has 3 nitrogen and oxygen atoms in total. The minimum Gasteiger partial charge on any atom is -0.460 e. The third-order valence-corrected chi connectivity index (χ3v) is 3.46. The van der Waals surface area contributed by atoms with Crippen LogP contribution in [0.25, 0.3) is 0 Å². The zero-order chi connectivity index (χ0) is 13.6. The molecule has 0 aliphatic heterocycles. The largest absolute Gasteiger partial charge is 0.460 e. The number of thioether (sulfide) groups is 1. The van der Waals surface area contributed by atoms with Crippen molar-refractivity contribution >= 4 is 17.7 Å². The summed E-state index contributed by atoms with van der Waals surface area (Å²) in [7, 11) is 0. The first-order chi connectivity index (χ1) is 8.38. The Kier molecular flexibility index (Phi) is 5.66. The first kappa shape index (κ1) is 15.0. The molecule has 0 saturated carbocycles. The minimum absolute atomic E-state index is 0.131. The van der Waals surface area contributed by atoms with E-state index in [-0.39, 0.29) is 5.97 Å². The molecular formula is C14H21NO2S. The van der Waals surface area contributed by atoms with E-state index in [0.717, 1.165) is 5.75 Å². The molecule has 100 valence electrons. The Hall–Kier alpha value is -1.03. The van der Waals surface area contributed by atoms with Crippen LogP contribution >= 0.6 is 11.8 Å². The zero-order valence-corrected chi connectivity index (χ0v) is 12.3. The molecule has 1 aromatic rings. The van der Waals surface area contributed by atoms with E-state index < -0.39 is 5.60 Å². The molecule has 0 aliphatic rings. The van der Waals surface area contributed by atoms with E-state index in [9.17, 15) is 4.79 Å². The number of hydrogen-bond acceptors (Lipinski definition) is 4. The van der Waals surface area contributed by atoms with Crippen molar-refractivity contribution in [1.82, 2.24) is 4.98 Å². The Labute approximate surface area is 113 Å². The quantitative estimate of drug-likeness (QED) is 0.764. The lowest BCUT2D eigenvalue weighted by atomic mass is 10.2. The third-order valence-electron chi connectivity index (χ3n) is 2.25. The van der Waals surface area contributed by atoms with Crippen LogP contribution in [0.2, 0.25) is 0 Å². The highest BCUT2D eigenvalue weighted by molar-refractivity contribution is 7.99. The highest BCUT2D eigenvalue weighted by Crippen LogP contribution is 2.27. The molecule has 0 bridgehead atoms. The highest BCUT2D eigenvalue weighted by Gasteiger charge is 2.16. The summed E-state index contributed by atoms with van der Waals surface area (Å²) >= 11 is 1.74. The van der Waals surface area contributed by atoms with Gasteiger partial charge in [0.1, 0.15) is 5.60 Å². The average Bonchev–Trinajstić information content (AvgIpc) is 2.27. The van der Waals surface area contributed by atoms with Crippen molar-refractivity contribution in [2.45, 2.75) is 45.0 Å². The maximum absolute atomic E-state index is 11.5. The maximum atomic E-state index is 11.5. The summed E-state index contributed by atoms with van der Waals surface area (Å²) in [6, 6.07) is 3.98. The molecule has 0 radical (unpaired) electrons. The van der Waals surface area contributed by atoms with Crippen LogP contribution in [0.4, 0.5) is 0 Å². The molecule has 1 atom stereocenters. The number of pyridine rings is 1. The van der Waals surface area contributed by atoms with Crippen molar-refractivity contribution < 1.29 is 9.53 Å². The van der Waals surface area contributed by atoms with Crippen LogP contribution in [-0.2, 0) is 9.53 Å². The molecular weight excluding hydrogens is 246 g/mol. The van der Waals surface area contributed by atoms with Gasteiger partial charge < -0.3 is 4.74 Å². The van der Waals surface area contributed by atoms with Crippen molar-refractivity contribution in [2.24, 2.45) is 0 Å². The van der Waals surface area contributed by atoms with E-state index in [1.807, 2.05) is 33.0 Å². The predicted octanol–water partition coefficient (Wildman–Crippen LogP) is 3.61. The molecule has 1 unspecified atom stereocenters. The van der Waals surface area contributed by atoms with Crippen molar-refractivity contribution in [3.63, 3.8) is 0 Å². The fourth-order valence-corrected chi connectivity index (χ4v) is 2.39. The lowest BCUT2D eigenvalue weighted by Crippen LogP contribution is -2.24. The maximum Gasteiger partial charge on any atom is 0.307 e. The molecule has 18 heavy (non-hydrogen) atoms. The van der Waals surface area contributed by atoms with E-state index in [0.29, 0.717) is 11.7 Å². The lowest BCUT2D eigenvalue weighted by molar-refractivity contribution is -0.154. The first-order valence-corrected chi connectivity index (χ1v) is 7.17. The van der Waals surface area contributed by atoms with Crippen LogP contribution in [0.1, 0.15) is 44.9 Å². The van der Waals surface area contributed by atoms with Gasteiger partial charge in [-0.25, -0.2) is 0 Å². The third kappa shape index (κ3) is 6.05. The van der Waals surface area contributed by atoms with Gasteiger partial charge in [-0.15, -0.1) is 0 Å². The summed E-state index contributed by atoms with van der Waals surface area (Å²) in [5.41, 5.74) is 0.795. The second-order valence-electron chi connectivity index (χ2n) is 5.14. The summed E-state index contributed by atoms with van der Waals surface area (Å²) in [4.78, 5) is 15.6. The summed E-state index contributed by atoms with van der Waals surface area (Å²) in [6.45, 7) is 7.78. The van der Waals surface area contributed by atoms with Crippen LogP contribution in [0.5, 0.6) is 0 Å². The van der Waals surface area contributed by atoms with Crippen LogP contribution in [0, 0.1) is 0 Å². The Morgan fingerprint density at radius 2 is 2.22 bits per heavy atom. The molecule has 0 aromatic carbocycles. The van der Waals surface area contributed by atoms with Gasteiger partial charge in [0.05, 0.1) is 6.42 Å². The van der Waals surface area contributed by atoms with Gasteiger partial charge >= 0.3 is 5.97 Å². The van der Waals surface area contributed by atoms with E-state index in [2.05, 4.69) is 18.0 Å². The van der Waals surface area contributed by atoms with Gasteiger partial charge in [0.25, 0.3) is 0 Å². The summed E-state index contributed by atoms with van der Waals surface area (Å²) in [5, 5.41) is 0.348. The highest BCUT2D eigenvalue weighted by atomic mass is 32.2. The van der Waals surface area contributed by atoms with Gasteiger partial charge in [0, 0.05) is 23.4 Å². The van der Waals surface area contributed by atoms with Gasteiger partial charge in [0.2, 0.25) is 0 Å². The molecule has 0 N–H and O–H groups in total. The smallest absolute Gasteiger partial charge is 0.307 e. The second-order valence-corrected chi connectivity index (χ2v) is 6.58. The van der Waals surface area contributed by atoms with Crippen LogP contribution in [0.15, 0.2) is 24.5 Å².